The van der Waals surface area contributed by atoms with Gasteiger partial charge in [0.1, 0.15) is 23.3 Å². The van der Waals surface area contributed by atoms with Gasteiger partial charge in [0.25, 0.3) is 0 Å². The Balaban J connectivity index is 2.02. The van der Waals surface area contributed by atoms with Crippen molar-refractivity contribution >= 4 is 11.9 Å². The van der Waals surface area contributed by atoms with Crippen molar-refractivity contribution in [2.75, 3.05) is 19.6 Å². The highest BCUT2D eigenvalue weighted by molar-refractivity contribution is 5.77. The van der Waals surface area contributed by atoms with E-state index in [4.69, 9.17) is 9.47 Å². The van der Waals surface area contributed by atoms with E-state index in [2.05, 4.69) is 17.1 Å². The van der Waals surface area contributed by atoms with E-state index in [1.54, 1.807) is 0 Å². The highest BCUT2D eigenvalue weighted by Crippen LogP contribution is 2.21. The van der Waals surface area contributed by atoms with E-state index in [1.807, 2.05) is 102 Å². The van der Waals surface area contributed by atoms with Crippen LogP contribution in [0.4, 0.5) is 0 Å². The molecular formula is C32H48N2O4. The predicted molar refractivity (Wildman–Crippen MR) is 154 cm³/mol. The highest BCUT2D eigenvalue weighted by Gasteiger charge is 2.32. The van der Waals surface area contributed by atoms with Crippen LogP contribution in [-0.2, 0) is 31.9 Å². The molecule has 2 aromatic carbocycles. The topological polar surface area (TPSA) is 67.9 Å². The number of rotatable bonds is 15. The van der Waals surface area contributed by atoms with Crippen LogP contribution < -0.4 is 5.32 Å². The second kappa shape index (κ2) is 15.0. The van der Waals surface area contributed by atoms with Gasteiger partial charge < -0.3 is 14.8 Å². The average Bonchev–Trinajstić information content (AvgIpc) is 2.85. The zero-order valence-electron chi connectivity index (χ0n) is 24.5. The third kappa shape index (κ3) is 11.4. The lowest BCUT2D eigenvalue weighted by molar-refractivity contribution is -0.161. The van der Waals surface area contributed by atoms with Gasteiger partial charge in [0.05, 0.1) is 0 Å². The molecule has 210 valence electrons. The van der Waals surface area contributed by atoms with Crippen LogP contribution in [0.2, 0.25) is 0 Å². The Morgan fingerprint density at radius 2 is 1.37 bits per heavy atom. The van der Waals surface area contributed by atoms with E-state index in [-0.39, 0.29) is 18.0 Å². The van der Waals surface area contributed by atoms with E-state index >= 15 is 0 Å². The number of ether oxygens (including phenoxy) is 2. The van der Waals surface area contributed by atoms with E-state index < -0.39 is 17.2 Å². The second-order valence-corrected chi connectivity index (χ2v) is 11.5. The summed E-state index contributed by atoms with van der Waals surface area (Å²) in [7, 11) is 0. The first-order valence-corrected chi connectivity index (χ1v) is 13.9. The Labute approximate surface area is 230 Å². The van der Waals surface area contributed by atoms with Gasteiger partial charge in [-0.3, -0.25) is 14.5 Å². The molecule has 0 aliphatic heterocycles. The smallest absolute Gasteiger partial charge is 0.324 e. The number of hydrogen-bond donors (Lipinski definition) is 1. The van der Waals surface area contributed by atoms with Crippen LogP contribution in [0.5, 0.6) is 0 Å². The van der Waals surface area contributed by atoms with E-state index in [9.17, 15) is 9.59 Å². The molecule has 6 heteroatoms. The van der Waals surface area contributed by atoms with Gasteiger partial charge in [0, 0.05) is 0 Å². The number of nitrogens with zero attached hydrogens (tertiary/aromatic N) is 1. The fourth-order valence-electron chi connectivity index (χ4n) is 4.54. The monoisotopic (exact) mass is 524 g/mol. The third-order valence-corrected chi connectivity index (χ3v) is 6.42. The molecule has 2 atom stereocenters. The summed E-state index contributed by atoms with van der Waals surface area (Å²) in [6.07, 6.45) is 2.65. The van der Waals surface area contributed by atoms with Crippen LogP contribution in [0.3, 0.4) is 0 Å². The molecule has 0 radical (unpaired) electrons. The van der Waals surface area contributed by atoms with Crippen LogP contribution in [0.25, 0.3) is 0 Å². The molecule has 0 unspecified atom stereocenters. The molecule has 0 saturated carbocycles. The first-order chi connectivity index (χ1) is 17.9. The summed E-state index contributed by atoms with van der Waals surface area (Å²) in [5, 5.41) is 3.27. The van der Waals surface area contributed by atoms with Crippen LogP contribution in [0.15, 0.2) is 60.7 Å². The fourth-order valence-corrected chi connectivity index (χ4v) is 4.54. The first kappa shape index (κ1) is 31.5. The lowest BCUT2D eigenvalue weighted by Gasteiger charge is -2.33. The molecule has 1 N–H and O–H groups in total. The average molecular weight is 525 g/mol. The number of esters is 2. The van der Waals surface area contributed by atoms with Gasteiger partial charge in [0.15, 0.2) is 0 Å². The standard InChI is InChI=1S/C32H48N2O4/c1-8-33-27(23-25-17-12-10-13-18-25)29(35)38-32(6,7)21-16-22-34(9-2)28(30(36)37-31(3,4)5)24-26-19-14-11-15-20-26/h10-15,17-20,27-28,33H,8-9,16,21-24H2,1-7H3/t27-,28-/m0/s1. The van der Waals surface area contributed by atoms with Gasteiger partial charge in [-0.2, -0.15) is 0 Å². The maximum atomic E-state index is 13.2. The van der Waals surface area contributed by atoms with Gasteiger partial charge in [-0.15, -0.1) is 0 Å². The number of likely N-dealkylation sites (N-methyl/N-ethyl adjacent to an activating group) is 2. The van der Waals surface area contributed by atoms with Crippen LogP contribution in [-0.4, -0.2) is 59.8 Å². The molecule has 0 amide bonds. The summed E-state index contributed by atoms with van der Waals surface area (Å²) in [6.45, 7) is 15.8. The number of carbonyl (C=O) groups excluding carboxylic acids is 2. The maximum absolute atomic E-state index is 13.2. The number of nitrogens with one attached hydrogen (secondary N) is 1. The SMILES string of the molecule is CCN[C@@H](Cc1ccccc1)C(=O)OC(C)(C)CCCN(CC)[C@@H](Cc1ccccc1)C(=O)OC(C)(C)C. The lowest BCUT2D eigenvalue weighted by atomic mass is 10.00. The molecular weight excluding hydrogens is 476 g/mol. The van der Waals surface area contributed by atoms with Crippen molar-refractivity contribution in [3.05, 3.63) is 71.8 Å². The molecule has 0 spiro atoms. The maximum Gasteiger partial charge on any atom is 0.324 e. The first-order valence-electron chi connectivity index (χ1n) is 13.9. The molecule has 38 heavy (non-hydrogen) atoms. The minimum absolute atomic E-state index is 0.205. The van der Waals surface area contributed by atoms with Crippen molar-refractivity contribution in [1.29, 1.82) is 0 Å². The Morgan fingerprint density at radius 1 is 0.816 bits per heavy atom. The lowest BCUT2D eigenvalue weighted by Crippen LogP contribution is -2.46. The fraction of sp³-hybridized carbons (Fsp3) is 0.562. The van der Waals surface area contributed by atoms with Gasteiger partial charge in [-0.25, -0.2) is 0 Å². The molecule has 0 aliphatic rings. The Kier molecular flexibility index (Phi) is 12.5. The van der Waals surface area contributed by atoms with Crippen molar-refractivity contribution < 1.29 is 19.1 Å². The minimum atomic E-state index is -0.623. The van der Waals surface area contributed by atoms with E-state index in [0.717, 1.165) is 24.1 Å². The zero-order valence-corrected chi connectivity index (χ0v) is 24.5. The van der Waals surface area contributed by atoms with Gasteiger partial charge in [-0.05, 0) is 91.1 Å². The summed E-state index contributed by atoms with van der Waals surface area (Å²) in [5.41, 5.74) is 1.02. The molecule has 6 nitrogen and oxygen atoms in total. The summed E-state index contributed by atoms with van der Waals surface area (Å²) in [4.78, 5) is 28.5. The highest BCUT2D eigenvalue weighted by atomic mass is 16.6. The van der Waals surface area contributed by atoms with Crippen molar-refractivity contribution in [3.63, 3.8) is 0 Å². The molecule has 0 heterocycles. The third-order valence-electron chi connectivity index (χ3n) is 6.42. The number of carbonyl (C=O) groups is 2. The minimum Gasteiger partial charge on any atom is -0.459 e. The normalized spacial score (nSPS) is 13.7. The summed E-state index contributed by atoms with van der Waals surface area (Å²) in [6, 6.07) is 19.3. The molecule has 2 rings (SSSR count). The second-order valence-electron chi connectivity index (χ2n) is 11.5. The molecule has 2 aromatic rings. The van der Waals surface area contributed by atoms with E-state index in [0.29, 0.717) is 32.4 Å². The molecule has 0 aliphatic carbocycles. The van der Waals surface area contributed by atoms with Gasteiger partial charge >= 0.3 is 11.9 Å². The Hall–Kier alpha value is -2.70. The quantitative estimate of drug-likeness (QED) is 0.307. The van der Waals surface area contributed by atoms with Crippen LogP contribution >= 0.6 is 0 Å². The van der Waals surface area contributed by atoms with Crippen molar-refractivity contribution in [1.82, 2.24) is 10.2 Å². The van der Waals surface area contributed by atoms with Gasteiger partial charge in [0.2, 0.25) is 0 Å². The van der Waals surface area contributed by atoms with Crippen LogP contribution in [0.1, 0.15) is 72.4 Å². The summed E-state index contributed by atoms with van der Waals surface area (Å²) >= 11 is 0. The van der Waals surface area contributed by atoms with Crippen LogP contribution in [0, 0.1) is 0 Å². The zero-order chi connectivity index (χ0) is 28.2. The Morgan fingerprint density at radius 3 is 1.87 bits per heavy atom. The van der Waals surface area contributed by atoms with Crippen molar-refractivity contribution in [2.24, 2.45) is 0 Å². The van der Waals surface area contributed by atoms with E-state index in [1.165, 1.54) is 0 Å². The van der Waals surface area contributed by atoms with Crippen molar-refractivity contribution in [3.8, 4) is 0 Å². The number of benzene rings is 2. The van der Waals surface area contributed by atoms with Crippen molar-refractivity contribution in [2.45, 2.75) is 97.4 Å². The molecule has 0 saturated heterocycles. The largest absolute Gasteiger partial charge is 0.459 e. The predicted octanol–water partition coefficient (Wildman–Crippen LogP) is 5.58. The van der Waals surface area contributed by atoms with Gasteiger partial charge in [-0.1, -0.05) is 74.5 Å². The molecule has 0 fully saturated rings. The summed E-state index contributed by atoms with van der Waals surface area (Å²) in [5.74, 6) is -0.438. The molecule has 0 bridgehead atoms. The molecule has 0 aromatic heterocycles. The Bertz CT molecular complexity index is 970. The summed E-state index contributed by atoms with van der Waals surface area (Å²) < 4.78 is 11.8. The number of hydrogen-bond acceptors (Lipinski definition) is 6.